The van der Waals surface area contributed by atoms with Crippen LogP contribution in [0.2, 0.25) is 0 Å². The normalized spacial score (nSPS) is 15.0. The second kappa shape index (κ2) is 10.2. The molecule has 0 spiro atoms. The molecule has 8 nitrogen and oxygen atoms in total. The molecule has 182 valence electrons. The highest BCUT2D eigenvalue weighted by atomic mass is 32.2. The van der Waals surface area contributed by atoms with Crippen LogP contribution >= 0.6 is 0 Å². The molecule has 0 radical (unpaired) electrons. The molecule has 1 fully saturated rings. The zero-order valence-corrected chi connectivity index (χ0v) is 20.2. The summed E-state index contributed by atoms with van der Waals surface area (Å²) in [5.74, 6) is 0.327. The number of fused-ring (bicyclic) bond motifs is 1. The van der Waals surface area contributed by atoms with Crippen molar-refractivity contribution in [1.82, 2.24) is 19.2 Å². The van der Waals surface area contributed by atoms with E-state index in [1.807, 2.05) is 11.5 Å². The highest BCUT2D eigenvalue weighted by Gasteiger charge is 2.27. The zero-order valence-electron chi connectivity index (χ0n) is 19.4. The predicted molar refractivity (Wildman–Crippen MR) is 126 cm³/mol. The number of nitrogens with one attached hydrogen (secondary N) is 1. The molecule has 4 rings (SSSR count). The Bertz CT molecular complexity index is 1300. The van der Waals surface area contributed by atoms with Gasteiger partial charge in [0, 0.05) is 39.0 Å². The van der Waals surface area contributed by atoms with Gasteiger partial charge in [0.2, 0.25) is 15.9 Å². The highest BCUT2D eigenvalue weighted by molar-refractivity contribution is 7.89. The molecule has 1 aliphatic heterocycles. The summed E-state index contributed by atoms with van der Waals surface area (Å²) in [4.78, 5) is 17.3. The van der Waals surface area contributed by atoms with Gasteiger partial charge in [-0.3, -0.25) is 4.79 Å². The summed E-state index contributed by atoms with van der Waals surface area (Å²) in [6.07, 6.45) is 0.658. The summed E-state index contributed by atoms with van der Waals surface area (Å²) in [7, 11) is -3.61. The van der Waals surface area contributed by atoms with Crippen molar-refractivity contribution in [2.45, 2.75) is 44.7 Å². The molecule has 1 saturated heterocycles. The molecule has 1 aliphatic rings. The molecule has 1 amide bonds. The van der Waals surface area contributed by atoms with Gasteiger partial charge < -0.3 is 14.6 Å². The molecule has 1 aromatic heterocycles. The number of morpholine rings is 1. The average molecular weight is 489 g/mol. The van der Waals surface area contributed by atoms with Crippen molar-refractivity contribution in [3.63, 3.8) is 0 Å². The fraction of sp³-hybridized carbons (Fsp3) is 0.417. The number of amides is 1. The number of carbonyl (C=O) groups is 1. The Hall–Kier alpha value is -2.82. The Morgan fingerprint density at radius 1 is 1.18 bits per heavy atom. The number of hydrogen-bond donors (Lipinski definition) is 1. The van der Waals surface area contributed by atoms with E-state index in [0.29, 0.717) is 56.9 Å². The van der Waals surface area contributed by atoms with Gasteiger partial charge in [-0.25, -0.2) is 17.8 Å². The fourth-order valence-corrected chi connectivity index (χ4v) is 5.56. The maximum Gasteiger partial charge on any atom is 0.243 e. The van der Waals surface area contributed by atoms with Crippen LogP contribution in [-0.4, -0.2) is 54.5 Å². The average Bonchev–Trinajstić information content (AvgIpc) is 3.20. The lowest BCUT2D eigenvalue weighted by Crippen LogP contribution is -2.40. The molecule has 34 heavy (non-hydrogen) atoms. The van der Waals surface area contributed by atoms with Crippen molar-refractivity contribution in [2.24, 2.45) is 0 Å². The lowest BCUT2D eigenvalue weighted by Gasteiger charge is -2.26. The number of benzene rings is 2. The summed E-state index contributed by atoms with van der Waals surface area (Å²) < 4.78 is 48.1. The van der Waals surface area contributed by atoms with Gasteiger partial charge in [0.05, 0.1) is 29.1 Å². The SMILES string of the molecule is CCn1c(CCC(=O)NCc2ccc(F)c(C)c2)nc2cc(S(=O)(=O)N3CCOCC3)ccc21. The number of nitrogens with zero attached hydrogens (tertiary/aromatic N) is 3. The largest absolute Gasteiger partial charge is 0.379 e. The molecule has 0 atom stereocenters. The minimum Gasteiger partial charge on any atom is -0.379 e. The van der Waals surface area contributed by atoms with Gasteiger partial charge in [0.1, 0.15) is 11.6 Å². The smallest absolute Gasteiger partial charge is 0.243 e. The summed E-state index contributed by atoms with van der Waals surface area (Å²) in [5.41, 5.74) is 2.80. The molecule has 3 aromatic rings. The van der Waals surface area contributed by atoms with E-state index in [1.165, 1.54) is 10.4 Å². The van der Waals surface area contributed by atoms with E-state index >= 15 is 0 Å². The number of halogens is 1. The highest BCUT2D eigenvalue weighted by Crippen LogP contribution is 2.24. The summed E-state index contributed by atoms with van der Waals surface area (Å²) in [5, 5.41) is 2.86. The predicted octanol–water partition coefficient (Wildman–Crippen LogP) is 2.77. The number of carbonyl (C=O) groups excluding carboxylic acids is 1. The first-order chi connectivity index (χ1) is 16.3. The summed E-state index contributed by atoms with van der Waals surface area (Å²) in [6, 6.07) is 9.76. The van der Waals surface area contributed by atoms with E-state index in [0.717, 1.165) is 16.9 Å². The molecular weight excluding hydrogens is 459 g/mol. The summed E-state index contributed by atoms with van der Waals surface area (Å²) >= 11 is 0. The third-order valence-corrected chi connectivity index (χ3v) is 7.91. The molecule has 2 aromatic carbocycles. The quantitative estimate of drug-likeness (QED) is 0.526. The number of imidazole rings is 1. The maximum absolute atomic E-state index is 13.4. The Morgan fingerprint density at radius 3 is 2.65 bits per heavy atom. The first-order valence-electron chi connectivity index (χ1n) is 11.4. The molecule has 0 bridgehead atoms. The molecule has 0 unspecified atom stereocenters. The molecule has 0 saturated carbocycles. The van der Waals surface area contributed by atoms with Crippen LogP contribution in [0, 0.1) is 12.7 Å². The van der Waals surface area contributed by atoms with Gasteiger partial charge in [-0.2, -0.15) is 4.31 Å². The number of hydrogen-bond acceptors (Lipinski definition) is 5. The van der Waals surface area contributed by atoms with Gasteiger partial charge in [-0.05, 0) is 49.2 Å². The van der Waals surface area contributed by atoms with Gasteiger partial charge in [0.25, 0.3) is 0 Å². The van der Waals surface area contributed by atoms with Gasteiger partial charge in [0.15, 0.2) is 0 Å². The molecule has 2 heterocycles. The van der Waals surface area contributed by atoms with Crippen molar-refractivity contribution >= 4 is 27.0 Å². The molecular formula is C24H29FN4O4S. The van der Waals surface area contributed by atoms with Crippen LogP contribution < -0.4 is 5.32 Å². The van der Waals surface area contributed by atoms with Crippen molar-refractivity contribution in [3.05, 3.63) is 59.2 Å². The Labute approximate surface area is 198 Å². The molecule has 1 N–H and O–H groups in total. The van der Waals surface area contributed by atoms with Crippen LogP contribution in [0.5, 0.6) is 0 Å². The summed E-state index contributed by atoms with van der Waals surface area (Å²) in [6.45, 7) is 6.10. The van der Waals surface area contributed by atoms with Crippen LogP contribution in [-0.2, 0) is 39.1 Å². The van der Waals surface area contributed by atoms with Gasteiger partial charge in [-0.1, -0.05) is 12.1 Å². The van der Waals surface area contributed by atoms with Crippen LogP contribution in [0.1, 0.15) is 30.3 Å². The first kappa shape index (κ1) is 24.3. The van der Waals surface area contributed by atoms with Crippen LogP contribution in [0.4, 0.5) is 4.39 Å². The van der Waals surface area contributed by atoms with E-state index in [4.69, 9.17) is 4.74 Å². The second-order valence-corrected chi connectivity index (χ2v) is 10.2. The number of rotatable bonds is 8. The minimum absolute atomic E-state index is 0.132. The monoisotopic (exact) mass is 488 g/mol. The third kappa shape index (κ3) is 5.13. The van der Waals surface area contributed by atoms with Crippen molar-refractivity contribution < 1.29 is 22.3 Å². The Kier molecular flexibility index (Phi) is 7.30. The molecule has 0 aliphatic carbocycles. The standard InChI is InChI=1S/C24H29FN4O4S/c1-3-29-22-7-5-19(34(31,32)28-10-12-33-13-11-28)15-21(22)27-23(29)8-9-24(30)26-16-18-4-6-20(25)17(2)14-18/h4-7,14-15H,3,8-13,16H2,1-2H3,(H,26,30). The number of aryl methyl sites for hydroxylation is 3. The van der Waals surface area contributed by atoms with Gasteiger partial charge >= 0.3 is 0 Å². The van der Waals surface area contributed by atoms with Crippen molar-refractivity contribution in [2.75, 3.05) is 26.3 Å². The number of aromatic nitrogens is 2. The second-order valence-electron chi connectivity index (χ2n) is 8.30. The fourth-order valence-electron chi connectivity index (χ4n) is 4.13. The van der Waals surface area contributed by atoms with E-state index in [2.05, 4.69) is 10.3 Å². The number of ether oxygens (including phenoxy) is 1. The Balaban J connectivity index is 1.45. The van der Waals surface area contributed by atoms with E-state index < -0.39 is 10.0 Å². The van der Waals surface area contributed by atoms with Crippen LogP contribution in [0.15, 0.2) is 41.3 Å². The van der Waals surface area contributed by atoms with E-state index in [9.17, 15) is 17.6 Å². The topological polar surface area (TPSA) is 93.5 Å². The van der Waals surface area contributed by atoms with E-state index in [-0.39, 0.29) is 23.0 Å². The Morgan fingerprint density at radius 2 is 1.94 bits per heavy atom. The van der Waals surface area contributed by atoms with Crippen molar-refractivity contribution in [3.8, 4) is 0 Å². The maximum atomic E-state index is 13.4. The lowest BCUT2D eigenvalue weighted by atomic mass is 10.1. The third-order valence-electron chi connectivity index (χ3n) is 6.01. The van der Waals surface area contributed by atoms with E-state index in [1.54, 1.807) is 37.3 Å². The van der Waals surface area contributed by atoms with Crippen LogP contribution in [0.25, 0.3) is 11.0 Å². The molecule has 10 heteroatoms. The van der Waals surface area contributed by atoms with Gasteiger partial charge in [-0.15, -0.1) is 0 Å². The first-order valence-corrected chi connectivity index (χ1v) is 12.8. The zero-order chi connectivity index (χ0) is 24.3. The lowest BCUT2D eigenvalue weighted by molar-refractivity contribution is -0.121. The minimum atomic E-state index is -3.61. The van der Waals surface area contributed by atoms with Crippen molar-refractivity contribution in [1.29, 1.82) is 0 Å². The van der Waals surface area contributed by atoms with Crippen LogP contribution in [0.3, 0.4) is 0 Å². The number of sulfonamides is 1.